The minimum Gasteiger partial charge on any atom is -0.319 e. The maximum Gasteiger partial charge on any atom is 0.0743 e. The van der Waals surface area contributed by atoms with Crippen LogP contribution in [0.3, 0.4) is 0 Å². The van der Waals surface area contributed by atoms with Crippen LogP contribution in [0.15, 0.2) is 21.3 Å². The van der Waals surface area contributed by atoms with E-state index >= 15 is 0 Å². The van der Waals surface area contributed by atoms with Crippen LogP contribution in [0.5, 0.6) is 0 Å². The first-order valence-corrected chi connectivity index (χ1v) is 7.70. The van der Waals surface area contributed by atoms with Crippen LogP contribution in [0.1, 0.15) is 33.8 Å². The van der Waals surface area contributed by atoms with Gasteiger partial charge in [0, 0.05) is 9.75 Å². The van der Waals surface area contributed by atoms with Crippen LogP contribution in [0.25, 0.3) is 0 Å². The molecule has 0 amide bonds. The Bertz CT molecular complexity index is 467. The van der Waals surface area contributed by atoms with Crippen molar-refractivity contribution in [3.05, 3.63) is 42.2 Å². The van der Waals surface area contributed by atoms with E-state index in [0.717, 1.165) is 6.42 Å². The first-order valence-electron chi connectivity index (χ1n) is 5.21. The second kappa shape index (κ2) is 5.00. The highest BCUT2D eigenvalue weighted by atomic mass is 79.9. The number of hydrogen-bond acceptors (Lipinski definition) is 3. The standard InChI is InChI=1S/C12H14BrNS2/c1-3-8-4-5-15-11(8)10(14)9-6-7(2)12(13)16-9/h4-6,10H,3,14H2,1-2H3. The Morgan fingerprint density at radius 3 is 2.81 bits per heavy atom. The molecule has 2 aromatic heterocycles. The molecule has 0 saturated heterocycles. The lowest BCUT2D eigenvalue weighted by Crippen LogP contribution is -2.10. The Kier molecular flexibility index (Phi) is 3.85. The lowest BCUT2D eigenvalue weighted by Gasteiger charge is -2.09. The summed E-state index contributed by atoms with van der Waals surface area (Å²) in [7, 11) is 0. The van der Waals surface area contributed by atoms with E-state index in [4.69, 9.17) is 5.73 Å². The fourth-order valence-corrected chi connectivity index (χ4v) is 4.35. The fraction of sp³-hybridized carbons (Fsp3) is 0.333. The molecule has 0 aromatic carbocycles. The largest absolute Gasteiger partial charge is 0.319 e. The molecule has 1 nitrogen and oxygen atoms in total. The number of aryl methyl sites for hydroxylation is 2. The van der Waals surface area contributed by atoms with Gasteiger partial charge in [-0.3, -0.25) is 0 Å². The van der Waals surface area contributed by atoms with E-state index in [9.17, 15) is 0 Å². The first kappa shape index (κ1) is 12.3. The zero-order valence-corrected chi connectivity index (χ0v) is 12.5. The molecule has 0 fully saturated rings. The summed E-state index contributed by atoms with van der Waals surface area (Å²) < 4.78 is 1.19. The van der Waals surface area contributed by atoms with Gasteiger partial charge < -0.3 is 5.73 Å². The fourth-order valence-electron chi connectivity index (χ4n) is 1.68. The van der Waals surface area contributed by atoms with E-state index in [-0.39, 0.29) is 6.04 Å². The second-order valence-electron chi connectivity index (χ2n) is 3.75. The number of rotatable bonds is 3. The Morgan fingerprint density at radius 1 is 1.50 bits per heavy atom. The Morgan fingerprint density at radius 2 is 2.25 bits per heavy atom. The summed E-state index contributed by atoms with van der Waals surface area (Å²) in [4.78, 5) is 2.54. The van der Waals surface area contributed by atoms with Crippen LogP contribution < -0.4 is 5.73 Å². The first-order chi connectivity index (χ1) is 7.63. The predicted octanol–water partition coefficient (Wildman–Crippen LogP) is 4.49. The molecule has 0 bridgehead atoms. The normalized spacial score (nSPS) is 13.0. The summed E-state index contributed by atoms with van der Waals surface area (Å²) in [5, 5.41) is 2.13. The van der Waals surface area contributed by atoms with E-state index < -0.39 is 0 Å². The van der Waals surface area contributed by atoms with Crippen molar-refractivity contribution < 1.29 is 0 Å². The van der Waals surface area contributed by atoms with Crippen molar-refractivity contribution in [2.24, 2.45) is 5.73 Å². The monoisotopic (exact) mass is 315 g/mol. The molecule has 0 aliphatic heterocycles. The van der Waals surface area contributed by atoms with Crippen LogP contribution >= 0.6 is 38.6 Å². The molecule has 86 valence electrons. The van der Waals surface area contributed by atoms with Gasteiger partial charge in [0.05, 0.1) is 9.83 Å². The van der Waals surface area contributed by atoms with E-state index in [0.29, 0.717) is 0 Å². The molecule has 2 heterocycles. The van der Waals surface area contributed by atoms with E-state index in [1.54, 1.807) is 22.7 Å². The lowest BCUT2D eigenvalue weighted by molar-refractivity contribution is 0.894. The zero-order chi connectivity index (χ0) is 11.7. The smallest absolute Gasteiger partial charge is 0.0743 e. The molecule has 0 aliphatic carbocycles. The number of nitrogens with two attached hydrogens (primary N) is 1. The Hall–Kier alpha value is -0.160. The van der Waals surface area contributed by atoms with Gasteiger partial charge in [-0.2, -0.15) is 0 Å². The van der Waals surface area contributed by atoms with Gasteiger partial charge in [0.1, 0.15) is 0 Å². The van der Waals surface area contributed by atoms with Gasteiger partial charge in [0.25, 0.3) is 0 Å². The van der Waals surface area contributed by atoms with Crippen LogP contribution in [-0.4, -0.2) is 0 Å². The molecule has 16 heavy (non-hydrogen) atoms. The molecule has 1 atom stereocenters. The van der Waals surface area contributed by atoms with Crippen LogP contribution in [0.2, 0.25) is 0 Å². The lowest BCUT2D eigenvalue weighted by atomic mass is 10.1. The van der Waals surface area contributed by atoms with Crippen LogP contribution in [0.4, 0.5) is 0 Å². The van der Waals surface area contributed by atoms with E-state index in [1.807, 2.05) is 0 Å². The summed E-state index contributed by atoms with van der Waals surface area (Å²) >= 11 is 7.05. The van der Waals surface area contributed by atoms with Crippen molar-refractivity contribution in [1.82, 2.24) is 0 Å². The van der Waals surface area contributed by atoms with Crippen molar-refractivity contribution in [2.75, 3.05) is 0 Å². The van der Waals surface area contributed by atoms with Crippen molar-refractivity contribution in [1.29, 1.82) is 0 Å². The molecule has 0 spiro atoms. The average Bonchev–Trinajstić information content (AvgIpc) is 2.85. The number of hydrogen-bond donors (Lipinski definition) is 1. The molecule has 0 saturated carbocycles. The Balaban J connectivity index is 2.35. The third kappa shape index (κ3) is 2.25. The van der Waals surface area contributed by atoms with Gasteiger partial charge in [0.2, 0.25) is 0 Å². The maximum atomic E-state index is 6.32. The van der Waals surface area contributed by atoms with Gasteiger partial charge in [-0.25, -0.2) is 0 Å². The SMILES string of the molecule is CCc1ccsc1C(N)c1cc(C)c(Br)s1. The molecule has 0 aliphatic rings. The van der Waals surface area contributed by atoms with Crippen LogP contribution in [0, 0.1) is 6.92 Å². The summed E-state index contributed by atoms with van der Waals surface area (Å²) in [5.41, 5.74) is 8.96. The molecular weight excluding hydrogens is 302 g/mol. The maximum absolute atomic E-state index is 6.32. The molecule has 0 radical (unpaired) electrons. The molecule has 1 unspecified atom stereocenters. The highest BCUT2D eigenvalue weighted by molar-refractivity contribution is 9.11. The zero-order valence-electron chi connectivity index (χ0n) is 9.29. The number of thiophene rings is 2. The van der Waals surface area contributed by atoms with Gasteiger partial charge in [0.15, 0.2) is 0 Å². The summed E-state index contributed by atoms with van der Waals surface area (Å²) in [5.74, 6) is 0. The topological polar surface area (TPSA) is 26.0 Å². The Labute approximate surface area is 112 Å². The quantitative estimate of drug-likeness (QED) is 0.887. The molecule has 2 N–H and O–H groups in total. The average molecular weight is 316 g/mol. The van der Waals surface area contributed by atoms with Crippen molar-refractivity contribution in [3.8, 4) is 0 Å². The van der Waals surface area contributed by atoms with Gasteiger partial charge >= 0.3 is 0 Å². The molecule has 2 aromatic rings. The molecule has 2 rings (SSSR count). The number of halogens is 1. The predicted molar refractivity (Wildman–Crippen MR) is 76.5 cm³/mol. The van der Waals surface area contributed by atoms with Gasteiger partial charge in [-0.1, -0.05) is 6.92 Å². The minimum absolute atomic E-state index is 0.0324. The third-order valence-electron chi connectivity index (χ3n) is 2.63. The third-order valence-corrected chi connectivity index (χ3v) is 5.89. The van der Waals surface area contributed by atoms with E-state index in [1.165, 1.54) is 24.7 Å². The molecule has 4 heteroatoms. The molecular formula is C12H14BrNS2. The highest BCUT2D eigenvalue weighted by Crippen LogP contribution is 2.36. The van der Waals surface area contributed by atoms with E-state index in [2.05, 4.69) is 47.3 Å². The van der Waals surface area contributed by atoms with Gasteiger partial charge in [-0.05, 0) is 57.9 Å². The summed E-state index contributed by atoms with van der Waals surface area (Å²) in [6, 6.07) is 4.39. The van der Waals surface area contributed by atoms with Crippen molar-refractivity contribution >= 4 is 38.6 Å². The summed E-state index contributed by atoms with van der Waals surface area (Å²) in [6.45, 7) is 4.28. The minimum atomic E-state index is 0.0324. The van der Waals surface area contributed by atoms with Crippen LogP contribution in [-0.2, 0) is 6.42 Å². The van der Waals surface area contributed by atoms with Gasteiger partial charge in [-0.15, -0.1) is 22.7 Å². The highest BCUT2D eigenvalue weighted by Gasteiger charge is 2.16. The second-order valence-corrected chi connectivity index (χ2v) is 7.10. The van der Waals surface area contributed by atoms with Crippen molar-refractivity contribution in [2.45, 2.75) is 26.3 Å². The van der Waals surface area contributed by atoms with Crippen molar-refractivity contribution in [3.63, 3.8) is 0 Å². The summed E-state index contributed by atoms with van der Waals surface area (Å²) in [6.07, 6.45) is 1.05.